The first-order valence-electron chi connectivity index (χ1n) is 17.7. The minimum absolute atomic E-state index is 0.653. The quantitative estimate of drug-likeness (QED) is 0.168. The van der Waals surface area contributed by atoms with Crippen molar-refractivity contribution in [2.75, 3.05) is 0 Å². The number of aromatic nitrogens is 1. The molecular formula is C49H28N2OS. The number of nitrogens with zero attached hydrogens (tertiary/aromatic N) is 2. The third kappa shape index (κ3) is 4.52. The van der Waals surface area contributed by atoms with Gasteiger partial charge >= 0.3 is 0 Å². The van der Waals surface area contributed by atoms with Crippen LogP contribution in [0.4, 0.5) is 5.69 Å². The van der Waals surface area contributed by atoms with Crippen LogP contribution in [0, 0.1) is 6.57 Å². The molecule has 0 radical (unpaired) electrons. The maximum Gasteiger partial charge on any atom is 0.205 e. The van der Waals surface area contributed by atoms with Gasteiger partial charge in [0.25, 0.3) is 0 Å². The van der Waals surface area contributed by atoms with Crippen LogP contribution in [-0.4, -0.2) is 4.57 Å². The molecule has 11 rings (SSSR count). The third-order valence-electron chi connectivity index (χ3n) is 10.6. The Balaban J connectivity index is 1.17. The summed E-state index contributed by atoms with van der Waals surface area (Å²) in [7, 11) is 0. The van der Waals surface area contributed by atoms with Gasteiger partial charge in [0.1, 0.15) is 11.2 Å². The molecule has 0 atom stereocenters. The Morgan fingerprint density at radius 2 is 1.06 bits per heavy atom. The highest BCUT2D eigenvalue weighted by Crippen LogP contribution is 2.47. The summed E-state index contributed by atoms with van der Waals surface area (Å²) in [6.07, 6.45) is 0. The fourth-order valence-corrected chi connectivity index (χ4v) is 9.40. The van der Waals surface area contributed by atoms with Crippen molar-refractivity contribution >= 4 is 80.9 Å². The second-order valence-corrected chi connectivity index (χ2v) is 14.6. The Morgan fingerprint density at radius 1 is 0.453 bits per heavy atom. The average molecular weight is 693 g/mol. The van der Waals surface area contributed by atoms with E-state index >= 15 is 0 Å². The Kier molecular flexibility index (Phi) is 6.48. The van der Waals surface area contributed by atoms with Crippen LogP contribution in [0.25, 0.3) is 108 Å². The van der Waals surface area contributed by atoms with Gasteiger partial charge in [0, 0.05) is 37.2 Å². The Bertz CT molecular complexity index is 3190. The maximum absolute atomic E-state index is 8.30. The zero-order valence-corrected chi connectivity index (χ0v) is 29.2. The molecule has 0 amide bonds. The van der Waals surface area contributed by atoms with Crippen molar-refractivity contribution in [3.05, 3.63) is 181 Å². The number of furan rings is 1. The summed E-state index contributed by atoms with van der Waals surface area (Å²) in [6.45, 7) is 8.30. The van der Waals surface area contributed by atoms with Gasteiger partial charge < -0.3 is 8.98 Å². The van der Waals surface area contributed by atoms with E-state index in [0.29, 0.717) is 5.69 Å². The molecule has 3 nitrogen and oxygen atoms in total. The number of benzene rings is 8. The molecule has 3 aromatic heterocycles. The zero-order valence-electron chi connectivity index (χ0n) is 28.4. The van der Waals surface area contributed by atoms with Gasteiger partial charge in [0.05, 0.1) is 28.0 Å². The predicted octanol–water partition coefficient (Wildman–Crippen LogP) is 14.6. The van der Waals surface area contributed by atoms with Crippen LogP contribution in [0.3, 0.4) is 0 Å². The van der Waals surface area contributed by atoms with Crippen molar-refractivity contribution in [3.8, 4) is 39.1 Å². The van der Waals surface area contributed by atoms with Crippen LogP contribution in [0.15, 0.2) is 174 Å². The van der Waals surface area contributed by atoms with Crippen LogP contribution in [0.5, 0.6) is 0 Å². The predicted molar refractivity (Wildman–Crippen MR) is 224 cm³/mol. The van der Waals surface area contributed by atoms with Crippen LogP contribution < -0.4 is 0 Å². The second kappa shape index (κ2) is 11.5. The average Bonchev–Trinajstić information content (AvgIpc) is 3.90. The molecule has 0 unspecified atom stereocenters. The van der Waals surface area contributed by atoms with E-state index in [9.17, 15) is 0 Å². The molecule has 3 heterocycles. The molecule has 4 heteroatoms. The summed E-state index contributed by atoms with van der Waals surface area (Å²) >= 11 is 1.71. The largest absolute Gasteiger partial charge is 0.455 e. The summed E-state index contributed by atoms with van der Waals surface area (Å²) < 4.78 is 11.0. The topological polar surface area (TPSA) is 22.4 Å². The number of fused-ring (bicyclic) bond motifs is 9. The van der Waals surface area contributed by atoms with Gasteiger partial charge in [-0.25, -0.2) is 4.85 Å². The molecule has 0 aliphatic carbocycles. The minimum Gasteiger partial charge on any atom is -0.455 e. The highest BCUT2D eigenvalue weighted by atomic mass is 32.1. The zero-order chi connectivity index (χ0) is 35.0. The molecule has 53 heavy (non-hydrogen) atoms. The lowest BCUT2D eigenvalue weighted by Gasteiger charge is -2.10. The molecule has 11 aromatic rings. The first-order valence-corrected chi connectivity index (χ1v) is 18.5. The lowest BCUT2D eigenvalue weighted by Crippen LogP contribution is -1.94. The number of hydrogen-bond acceptors (Lipinski definition) is 2. The van der Waals surface area contributed by atoms with Crippen molar-refractivity contribution in [2.45, 2.75) is 0 Å². The SMILES string of the molecule is [C-]#[N+]c1cc(-c2cccc3c2oc2ccccc23)cc2c1sc1c(-n3c4ccc(-c5ccccc5)cc4c4cc(-c5ccccc5)ccc43)cccc12. The Labute approximate surface area is 309 Å². The minimum atomic E-state index is 0.653. The van der Waals surface area contributed by atoms with Crippen molar-refractivity contribution in [1.29, 1.82) is 0 Å². The second-order valence-electron chi connectivity index (χ2n) is 13.6. The summed E-state index contributed by atoms with van der Waals surface area (Å²) in [4.78, 5) is 4.10. The molecule has 8 aromatic carbocycles. The van der Waals surface area contributed by atoms with Crippen LogP contribution in [0.1, 0.15) is 0 Å². The van der Waals surface area contributed by atoms with Crippen molar-refractivity contribution in [3.63, 3.8) is 0 Å². The van der Waals surface area contributed by atoms with E-state index in [-0.39, 0.29) is 0 Å². The Hall–Kier alpha value is -6.93. The number of rotatable bonds is 4. The number of hydrogen-bond donors (Lipinski definition) is 0. The van der Waals surface area contributed by atoms with E-state index in [2.05, 4.69) is 155 Å². The monoisotopic (exact) mass is 692 g/mol. The fraction of sp³-hybridized carbons (Fsp3) is 0. The van der Waals surface area contributed by atoms with Gasteiger partial charge in [-0.15, -0.1) is 11.3 Å². The van der Waals surface area contributed by atoms with E-state index in [0.717, 1.165) is 70.0 Å². The van der Waals surface area contributed by atoms with Gasteiger partial charge in [-0.1, -0.05) is 121 Å². The van der Waals surface area contributed by atoms with Gasteiger partial charge in [0.2, 0.25) is 5.69 Å². The van der Waals surface area contributed by atoms with E-state index in [4.69, 9.17) is 11.0 Å². The van der Waals surface area contributed by atoms with Crippen LogP contribution in [-0.2, 0) is 0 Å². The molecule has 0 bridgehead atoms. The molecule has 0 saturated carbocycles. The van der Waals surface area contributed by atoms with Crippen molar-refractivity contribution in [1.82, 2.24) is 4.57 Å². The summed E-state index contributed by atoms with van der Waals surface area (Å²) in [5.41, 5.74) is 12.5. The molecule has 0 saturated heterocycles. The van der Waals surface area contributed by atoms with Gasteiger partial charge in [-0.2, -0.15) is 0 Å². The van der Waals surface area contributed by atoms with E-state index in [1.165, 1.54) is 33.0 Å². The molecule has 0 spiro atoms. The van der Waals surface area contributed by atoms with Gasteiger partial charge in [0.15, 0.2) is 0 Å². The number of thiophene rings is 1. The van der Waals surface area contributed by atoms with E-state index in [1.807, 2.05) is 24.3 Å². The molecule has 0 aliphatic rings. The molecule has 246 valence electrons. The van der Waals surface area contributed by atoms with Gasteiger partial charge in [-0.05, 0) is 81.7 Å². The third-order valence-corrected chi connectivity index (χ3v) is 11.9. The fourth-order valence-electron chi connectivity index (χ4n) is 8.16. The Morgan fingerprint density at radius 3 is 1.75 bits per heavy atom. The van der Waals surface area contributed by atoms with Crippen LogP contribution in [0.2, 0.25) is 0 Å². The summed E-state index contributed by atoms with van der Waals surface area (Å²) in [5.74, 6) is 0. The highest BCUT2D eigenvalue weighted by Gasteiger charge is 2.21. The smallest absolute Gasteiger partial charge is 0.205 e. The molecule has 0 N–H and O–H groups in total. The number of para-hydroxylation sites is 2. The normalized spacial score (nSPS) is 11.8. The molecule has 0 aliphatic heterocycles. The molecular weight excluding hydrogens is 665 g/mol. The first-order chi connectivity index (χ1) is 26.2. The lowest BCUT2D eigenvalue weighted by molar-refractivity contribution is 0.670. The standard InChI is InChI=1S/C49H28N2OS/c1-50-42-29-34(35-17-10-18-37-36-16-8-9-21-46(36)52-47(35)37)28-41-38-19-11-20-45(49(38)53-48(41)42)51-43-24-22-32(30-12-4-2-5-13-30)26-39(43)40-27-33(23-25-44(40)51)31-14-6-3-7-15-31/h2-29H. The summed E-state index contributed by atoms with van der Waals surface area (Å²) in [5, 5.41) is 6.82. The molecule has 0 fully saturated rings. The lowest BCUT2D eigenvalue weighted by atomic mass is 9.99. The van der Waals surface area contributed by atoms with Crippen molar-refractivity contribution in [2.24, 2.45) is 0 Å². The van der Waals surface area contributed by atoms with Crippen LogP contribution >= 0.6 is 11.3 Å². The van der Waals surface area contributed by atoms with E-state index in [1.54, 1.807) is 11.3 Å². The van der Waals surface area contributed by atoms with Gasteiger partial charge in [-0.3, -0.25) is 0 Å². The first kappa shape index (κ1) is 29.8. The highest BCUT2D eigenvalue weighted by molar-refractivity contribution is 7.26. The van der Waals surface area contributed by atoms with E-state index < -0.39 is 0 Å². The van der Waals surface area contributed by atoms with Crippen molar-refractivity contribution < 1.29 is 4.42 Å². The summed E-state index contributed by atoms with van der Waals surface area (Å²) in [6, 6.07) is 60.2. The maximum atomic E-state index is 8.30.